The Hall–Kier alpha value is -4.36. The molecular formula is C35H34ClFN2O4. The molecule has 1 aliphatic rings. The molecule has 4 aromatic rings. The lowest BCUT2D eigenvalue weighted by Crippen LogP contribution is -2.28. The molecule has 0 aromatic heterocycles. The van der Waals surface area contributed by atoms with Gasteiger partial charge in [0.2, 0.25) is 5.91 Å². The fourth-order valence-electron chi connectivity index (χ4n) is 5.13. The van der Waals surface area contributed by atoms with Crippen molar-refractivity contribution in [2.75, 3.05) is 20.2 Å². The third-order valence-corrected chi connectivity index (χ3v) is 7.67. The van der Waals surface area contributed by atoms with E-state index in [1.54, 1.807) is 25.2 Å². The van der Waals surface area contributed by atoms with Gasteiger partial charge in [-0.3, -0.25) is 9.59 Å². The Kier molecular flexibility index (Phi) is 9.31. The first kappa shape index (κ1) is 30.1. The van der Waals surface area contributed by atoms with Crippen molar-refractivity contribution in [3.63, 3.8) is 0 Å². The zero-order valence-electron chi connectivity index (χ0n) is 24.3. The van der Waals surface area contributed by atoms with Crippen molar-refractivity contribution in [2.45, 2.75) is 32.3 Å². The van der Waals surface area contributed by atoms with Crippen molar-refractivity contribution < 1.29 is 23.5 Å². The van der Waals surface area contributed by atoms with Gasteiger partial charge in [0.15, 0.2) is 0 Å². The van der Waals surface area contributed by atoms with E-state index in [2.05, 4.69) is 10.6 Å². The number of benzene rings is 4. The normalized spacial score (nSPS) is 15.5. The molecule has 2 unspecified atom stereocenters. The molecule has 0 fully saturated rings. The maximum absolute atomic E-state index is 13.6. The minimum atomic E-state index is -0.655. The molecule has 5 rings (SSSR count). The lowest BCUT2D eigenvalue weighted by molar-refractivity contribution is -0.123. The first-order valence-corrected chi connectivity index (χ1v) is 14.7. The van der Waals surface area contributed by atoms with Crippen LogP contribution in [0.4, 0.5) is 4.39 Å². The molecule has 1 heterocycles. The lowest BCUT2D eigenvalue weighted by atomic mass is 9.88. The maximum Gasteiger partial charge on any atom is 0.251 e. The molecule has 0 bridgehead atoms. The van der Waals surface area contributed by atoms with Crippen LogP contribution in [0, 0.1) is 11.7 Å². The number of carbonyl (C=O) groups is 2. The predicted molar refractivity (Wildman–Crippen MR) is 166 cm³/mol. The molecule has 222 valence electrons. The Morgan fingerprint density at radius 2 is 1.72 bits per heavy atom. The number of carbonyl (C=O) groups excluding carboxylic acids is 2. The maximum atomic E-state index is 13.6. The first-order chi connectivity index (χ1) is 20.7. The van der Waals surface area contributed by atoms with E-state index in [1.165, 1.54) is 12.1 Å². The molecule has 0 aliphatic carbocycles. The van der Waals surface area contributed by atoms with Crippen LogP contribution < -0.4 is 20.1 Å². The molecular weight excluding hydrogens is 567 g/mol. The highest BCUT2D eigenvalue weighted by atomic mass is 35.5. The Bertz CT molecular complexity index is 1610. The van der Waals surface area contributed by atoms with Gasteiger partial charge in [0.05, 0.1) is 6.61 Å². The molecule has 6 nitrogen and oxygen atoms in total. The van der Waals surface area contributed by atoms with E-state index in [0.717, 1.165) is 16.7 Å². The van der Waals surface area contributed by atoms with Crippen LogP contribution in [0.25, 0.3) is 11.1 Å². The molecule has 2 atom stereocenters. The highest BCUT2D eigenvalue weighted by Gasteiger charge is 2.40. The number of rotatable bonds is 10. The van der Waals surface area contributed by atoms with Crippen LogP contribution in [0.2, 0.25) is 5.02 Å². The van der Waals surface area contributed by atoms with Crippen molar-refractivity contribution >= 4 is 23.4 Å². The van der Waals surface area contributed by atoms with Crippen LogP contribution in [-0.4, -0.2) is 32.0 Å². The Labute approximate surface area is 256 Å². The zero-order valence-corrected chi connectivity index (χ0v) is 25.1. The molecule has 4 aromatic carbocycles. The standard InChI is InChI=1S/C35H34ClFN2O4/c1-21(2)20-39-34(40)25-9-14-30(42-17-16-22-4-10-26(36)11-5-22)28(19-25)24-8-15-31-29(18-24)32(35(41)38-3)33(43-31)23-6-12-27(37)13-7-23/h4-15,18-19,21,32-33H,16-17,20H2,1-3H3,(H,38,41)(H,39,40). The number of nitrogens with one attached hydrogen (secondary N) is 2. The number of hydrogen-bond acceptors (Lipinski definition) is 4. The topological polar surface area (TPSA) is 76.7 Å². The zero-order chi connectivity index (χ0) is 30.5. The van der Waals surface area contributed by atoms with Crippen LogP contribution in [0.3, 0.4) is 0 Å². The second-order valence-electron chi connectivity index (χ2n) is 11.0. The number of likely N-dealkylation sites (N-methyl/N-ethyl adjacent to an activating group) is 1. The van der Waals surface area contributed by atoms with E-state index < -0.39 is 12.0 Å². The number of hydrogen-bond donors (Lipinski definition) is 2. The number of fused-ring (bicyclic) bond motifs is 1. The molecule has 2 amide bonds. The minimum Gasteiger partial charge on any atom is -0.493 e. The van der Waals surface area contributed by atoms with Gasteiger partial charge in [-0.15, -0.1) is 0 Å². The fraction of sp³-hybridized carbons (Fsp3) is 0.257. The summed E-state index contributed by atoms with van der Waals surface area (Å²) in [5, 5.41) is 6.40. The van der Waals surface area contributed by atoms with Crippen LogP contribution in [0.15, 0.2) is 84.9 Å². The Morgan fingerprint density at radius 3 is 2.42 bits per heavy atom. The third-order valence-electron chi connectivity index (χ3n) is 7.41. The molecule has 2 N–H and O–H groups in total. The SMILES string of the molecule is CNC(=O)C1c2cc(-c3cc(C(=O)NCC(C)C)ccc3OCCc3ccc(Cl)cc3)ccc2OC1c1ccc(F)cc1. The monoisotopic (exact) mass is 600 g/mol. The van der Waals surface area contributed by atoms with Crippen LogP contribution in [-0.2, 0) is 11.2 Å². The smallest absolute Gasteiger partial charge is 0.251 e. The summed E-state index contributed by atoms with van der Waals surface area (Å²) in [5.41, 5.74) is 4.49. The average molecular weight is 601 g/mol. The van der Waals surface area contributed by atoms with Crippen LogP contribution in [0.5, 0.6) is 11.5 Å². The molecule has 8 heteroatoms. The van der Waals surface area contributed by atoms with Crippen molar-refractivity contribution in [2.24, 2.45) is 5.92 Å². The summed E-state index contributed by atoms with van der Waals surface area (Å²) in [6.07, 6.45) is 0.0534. The van der Waals surface area contributed by atoms with Gasteiger partial charge in [0.1, 0.15) is 29.3 Å². The highest BCUT2D eigenvalue weighted by Crippen LogP contribution is 2.48. The van der Waals surface area contributed by atoms with Crippen molar-refractivity contribution in [3.8, 4) is 22.6 Å². The Morgan fingerprint density at radius 1 is 0.977 bits per heavy atom. The van der Waals surface area contributed by atoms with E-state index in [0.29, 0.717) is 58.7 Å². The average Bonchev–Trinajstić information content (AvgIpc) is 3.39. The first-order valence-electron chi connectivity index (χ1n) is 14.3. The van der Waals surface area contributed by atoms with Gasteiger partial charge < -0.3 is 20.1 Å². The van der Waals surface area contributed by atoms with E-state index in [9.17, 15) is 14.0 Å². The highest BCUT2D eigenvalue weighted by molar-refractivity contribution is 6.30. The minimum absolute atomic E-state index is 0.174. The predicted octanol–water partition coefficient (Wildman–Crippen LogP) is 7.12. The summed E-state index contributed by atoms with van der Waals surface area (Å²) < 4.78 is 26.2. The summed E-state index contributed by atoms with van der Waals surface area (Å²) in [6, 6.07) is 24.6. The van der Waals surface area contributed by atoms with Crippen molar-refractivity contribution in [1.82, 2.24) is 10.6 Å². The van der Waals surface area contributed by atoms with E-state index in [1.807, 2.05) is 68.4 Å². The summed E-state index contributed by atoms with van der Waals surface area (Å²) >= 11 is 6.03. The lowest BCUT2D eigenvalue weighted by Gasteiger charge is -2.18. The van der Waals surface area contributed by atoms with Gasteiger partial charge in [0.25, 0.3) is 5.91 Å². The summed E-state index contributed by atoms with van der Waals surface area (Å²) in [6.45, 7) is 5.05. The van der Waals surface area contributed by atoms with Gasteiger partial charge >= 0.3 is 0 Å². The van der Waals surface area contributed by atoms with Crippen LogP contribution >= 0.6 is 11.6 Å². The van der Waals surface area contributed by atoms with Gasteiger partial charge in [0, 0.05) is 41.7 Å². The largest absolute Gasteiger partial charge is 0.493 e. The number of amides is 2. The van der Waals surface area contributed by atoms with Crippen molar-refractivity contribution in [1.29, 1.82) is 0 Å². The second-order valence-corrected chi connectivity index (χ2v) is 11.4. The molecule has 1 aliphatic heterocycles. The second kappa shape index (κ2) is 13.3. The number of halogens is 2. The van der Waals surface area contributed by atoms with Crippen LogP contribution in [0.1, 0.15) is 52.9 Å². The van der Waals surface area contributed by atoms with Gasteiger partial charge in [-0.1, -0.05) is 55.8 Å². The third kappa shape index (κ3) is 7.00. The molecule has 0 radical (unpaired) electrons. The molecule has 0 saturated heterocycles. The summed E-state index contributed by atoms with van der Waals surface area (Å²) in [4.78, 5) is 26.2. The van der Waals surface area contributed by atoms with Gasteiger partial charge in [-0.05, 0) is 77.2 Å². The fourth-order valence-corrected chi connectivity index (χ4v) is 5.26. The number of ether oxygens (including phenoxy) is 2. The quantitative estimate of drug-likeness (QED) is 0.203. The molecule has 0 saturated carbocycles. The van der Waals surface area contributed by atoms with Gasteiger partial charge in [-0.25, -0.2) is 4.39 Å². The molecule has 0 spiro atoms. The Balaban J connectivity index is 1.49. The summed E-state index contributed by atoms with van der Waals surface area (Å²) in [7, 11) is 1.58. The molecule has 43 heavy (non-hydrogen) atoms. The van der Waals surface area contributed by atoms with E-state index >= 15 is 0 Å². The van der Waals surface area contributed by atoms with E-state index in [4.69, 9.17) is 21.1 Å². The summed E-state index contributed by atoms with van der Waals surface area (Å²) in [5.74, 6) is 0.0863. The van der Waals surface area contributed by atoms with Gasteiger partial charge in [-0.2, -0.15) is 0 Å². The van der Waals surface area contributed by atoms with Crippen molar-refractivity contribution in [3.05, 3.63) is 118 Å². The van der Waals surface area contributed by atoms with E-state index in [-0.39, 0.29) is 17.6 Å².